The van der Waals surface area contributed by atoms with Gasteiger partial charge in [-0.3, -0.25) is 0 Å². The fraction of sp³-hybridized carbons (Fsp3) is 0.190. The highest BCUT2D eigenvalue weighted by molar-refractivity contribution is 6.30. The highest BCUT2D eigenvalue weighted by Crippen LogP contribution is 2.29. The Hall–Kier alpha value is -3.32. The van der Waals surface area contributed by atoms with Crippen LogP contribution in [0.4, 0.5) is 0 Å². The van der Waals surface area contributed by atoms with Crippen molar-refractivity contribution in [2.45, 2.75) is 12.8 Å². The normalized spacial score (nSPS) is 10.8. The molecule has 2 aromatic carbocycles. The molecule has 4 aromatic rings. The Morgan fingerprint density at radius 3 is 2.59 bits per heavy atom. The van der Waals surface area contributed by atoms with E-state index in [4.69, 9.17) is 25.5 Å². The van der Waals surface area contributed by atoms with Gasteiger partial charge in [0, 0.05) is 17.0 Å². The van der Waals surface area contributed by atoms with Crippen molar-refractivity contribution in [2.75, 3.05) is 13.7 Å². The van der Waals surface area contributed by atoms with Gasteiger partial charge in [0.1, 0.15) is 24.1 Å². The Labute approximate surface area is 172 Å². The number of aryl methyl sites for hydroxylation is 1. The highest BCUT2D eigenvalue weighted by atomic mass is 35.5. The van der Waals surface area contributed by atoms with E-state index < -0.39 is 0 Å². The van der Waals surface area contributed by atoms with E-state index in [1.165, 1.54) is 11.0 Å². The van der Waals surface area contributed by atoms with Gasteiger partial charge in [-0.25, -0.2) is 4.98 Å². The van der Waals surface area contributed by atoms with Gasteiger partial charge in [0.2, 0.25) is 0 Å². The Morgan fingerprint density at radius 1 is 1.07 bits per heavy atom. The fourth-order valence-electron chi connectivity index (χ4n) is 2.90. The molecule has 0 unspecified atom stereocenters. The van der Waals surface area contributed by atoms with Crippen LogP contribution in [-0.2, 0) is 6.42 Å². The first kappa shape index (κ1) is 19.0. The first-order valence-corrected chi connectivity index (χ1v) is 9.49. The van der Waals surface area contributed by atoms with Crippen molar-refractivity contribution in [3.8, 4) is 28.8 Å². The summed E-state index contributed by atoms with van der Waals surface area (Å²) in [6.07, 6.45) is 4.37. The fourth-order valence-corrected chi connectivity index (χ4v) is 3.03. The molecule has 0 aliphatic carbocycles. The Bertz CT molecular complexity index is 1060. The molecule has 0 atom stereocenters. The number of hydrogen-bond acceptors (Lipinski definition) is 6. The summed E-state index contributed by atoms with van der Waals surface area (Å²) in [4.78, 5) is 8.56. The maximum absolute atomic E-state index is 6.02. The zero-order valence-corrected chi connectivity index (χ0v) is 16.5. The van der Waals surface area contributed by atoms with E-state index in [-0.39, 0.29) is 0 Å². The minimum Gasteiger partial charge on any atom is -0.493 e. The van der Waals surface area contributed by atoms with Gasteiger partial charge in [-0.05, 0) is 30.7 Å². The summed E-state index contributed by atoms with van der Waals surface area (Å²) in [5.41, 5.74) is 1.68. The second kappa shape index (κ2) is 8.79. The number of nitrogens with zero attached hydrogens (tertiary/aromatic N) is 4. The Morgan fingerprint density at radius 2 is 1.86 bits per heavy atom. The second-order valence-corrected chi connectivity index (χ2v) is 6.65. The third-order valence-corrected chi connectivity index (χ3v) is 4.55. The van der Waals surface area contributed by atoms with Crippen LogP contribution in [0, 0.1) is 0 Å². The number of rotatable bonds is 8. The third kappa shape index (κ3) is 4.41. The molecule has 0 amide bonds. The number of methoxy groups -OCH3 is 1. The van der Waals surface area contributed by atoms with Gasteiger partial charge in [-0.2, -0.15) is 14.8 Å². The monoisotopic (exact) mass is 410 g/mol. The molecule has 0 saturated heterocycles. The van der Waals surface area contributed by atoms with E-state index in [2.05, 4.69) is 15.1 Å². The molecule has 0 spiro atoms. The molecule has 2 aromatic heterocycles. The zero-order valence-electron chi connectivity index (χ0n) is 15.8. The topological polar surface area (TPSA) is 75.2 Å². The smallest absolute Gasteiger partial charge is 0.325 e. The molecule has 29 heavy (non-hydrogen) atoms. The van der Waals surface area contributed by atoms with Crippen molar-refractivity contribution in [1.82, 2.24) is 19.7 Å². The van der Waals surface area contributed by atoms with Gasteiger partial charge < -0.3 is 13.9 Å². The molecule has 0 aliphatic heterocycles. The molecule has 0 fully saturated rings. The van der Waals surface area contributed by atoms with Crippen LogP contribution in [0.15, 0.2) is 65.6 Å². The standard InChI is InChI=1S/C21H19ClN4O3/c1-27-17-5-2-3-6-18(17)28-12-4-7-19-20(15-8-10-16(22)11-9-15)25-21(29-19)26-14-23-13-24-26/h2-3,5-6,8-11,13-14H,4,7,12H2,1H3. The summed E-state index contributed by atoms with van der Waals surface area (Å²) in [7, 11) is 1.63. The minimum absolute atomic E-state index is 0.369. The minimum atomic E-state index is 0.369. The van der Waals surface area contributed by atoms with Crippen molar-refractivity contribution < 1.29 is 13.9 Å². The molecular weight excluding hydrogens is 392 g/mol. The highest BCUT2D eigenvalue weighted by Gasteiger charge is 2.17. The lowest BCUT2D eigenvalue weighted by molar-refractivity contribution is 0.286. The largest absolute Gasteiger partial charge is 0.493 e. The molecule has 7 nitrogen and oxygen atoms in total. The van der Waals surface area contributed by atoms with Crippen LogP contribution in [0.1, 0.15) is 12.2 Å². The van der Waals surface area contributed by atoms with E-state index in [1.807, 2.05) is 48.5 Å². The van der Waals surface area contributed by atoms with Gasteiger partial charge in [0.05, 0.1) is 13.7 Å². The number of oxazole rings is 1. The van der Waals surface area contributed by atoms with Crippen LogP contribution >= 0.6 is 11.6 Å². The van der Waals surface area contributed by atoms with Gasteiger partial charge in [0.15, 0.2) is 11.5 Å². The number of ether oxygens (including phenoxy) is 2. The predicted octanol–water partition coefficient (Wildman–Crippen LogP) is 4.60. The summed E-state index contributed by atoms with van der Waals surface area (Å²) in [6.45, 7) is 0.514. The van der Waals surface area contributed by atoms with Crippen molar-refractivity contribution in [3.05, 3.63) is 72.0 Å². The average molecular weight is 411 g/mol. The lowest BCUT2D eigenvalue weighted by Gasteiger charge is -2.09. The SMILES string of the molecule is COc1ccccc1OCCCc1oc(-n2cncn2)nc1-c1ccc(Cl)cc1. The predicted molar refractivity (Wildman–Crippen MR) is 109 cm³/mol. The van der Waals surface area contributed by atoms with Crippen LogP contribution < -0.4 is 9.47 Å². The molecule has 2 heterocycles. The molecule has 0 aliphatic rings. The zero-order chi connectivity index (χ0) is 20.1. The number of halogens is 1. The third-order valence-electron chi connectivity index (χ3n) is 4.29. The van der Waals surface area contributed by atoms with Gasteiger partial charge in [0.25, 0.3) is 0 Å². The molecule has 148 valence electrons. The summed E-state index contributed by atoms with van der Waals surface area (Å²) in [5.74, 6) is 2.18. The summed E-state index contributed by atoms with van der Waals surface area (Å²) in [6, 6.07) is 15.4. The molecule has 0 saturated carbocycles. The maximum atomic E-state index is 6.02. The lowest BCUT2D eigenvalue weighted by atomic mass is 10.1. The van der Waals surface area contributed by atoms with Crippen molar-refractivity contribution in [2.24, 2.45) is 0 Å². The van der Waals surface area contributed by atoms with Crippen LogP contribution in [0.5, 0.6) is 11.5 Å². The van der Waals surface area contributed by atoms with Crippen LogP contribution in [0.25, 0.3) is 17.3 Å². The molecule has 0 bridgehead atoms. The summed E-state index contributed by atoms with van der Waals surface area (Å²) >= 11 is 6.02. The molecule has 0 N–H and O–H groups in total. The first-order chi connectivity index (χ1) is 14.2. The average Bonchev–Trinajstić information content (AvgIpc) is 3.42. The van der Waals surface area contributed by atoms with E-state index in [0.29, 0.717) is 35.6 Å². The Kier molecular flexibility index (Phi) is 5.76. The number of para-hydroxylation sites is 2. The van der Waals surface area contributed by atoms with Gasteiger partial charge in [-0.15, -0.1) is 0 Å². The van der Waals surface area contributed by atoms with Crippen molar-refractivity contribution in [1.29, 1.82) is 0 Å². The van der Waals surface area contributed by atoms with Crippen molar-refractivity contribution in [3.63, 3.8) is 0 Å². The first-order valence-electron chi connectivity index (χ1n) is 9.11. The number of aromatic nitrogens is 4. The van der Waals surface area contributed by atoms with Crippen LogP contribution in [0.3, 0.4) is 0 Å². The van der Waals surface area contributed by atoms with Gasteiger partial charge in [-0.1, -0.05) is 35.9 Å². The van der Waals surface area contributed by atoms with E-state index >= 15 is 0 Å². The maximum Gasteiger partial charge on any atom is 0.325 e. The molecule has 4 rings (SSSR count). The quantitative estimate of drug-likeness (QED) is 0.395. The molecule has 8 heteroatoms. The van der Waals surface area contributed by atoms with Crippen LogP contribution in [0.2, 0.25) is 5.02 Å². The van der Waals surface area contributed by atoms with E-state index in [1.54, 1.807) is 13.4 Å². The Balaban J connectivity index is 1.50. The summed E-state index contributed by atoms with van der Waals surface area (Å²) in [5, 5.41) is 4.76. The van der Waals surface area contributed by atoms with E-state index in [0.717, 1.165) is 23.4 Å². The lowest BCUT2D eigenvalue weighted by Crippen LogP contribution is -2.01. The van der Waals surface area contributed by atoms with E-state index in [9.17, 15) is 0 Å². The number of hydrogen-bond donors (Lipinski definition) is 0. The van der Waals surface area contributed by atoms with Crippen molar-refractivity contribution >= 4 is 11.6 Å². The van der Waals surface area contributed by atoms with Gasteiger partial charge >= 0.3 is 6.01 Å². The number of benzene rings is 2. The molecular formula is C21H19ClN4O3. The second-order valence-electron chi connectivity index (χ2n) is 6.22. The van der Waals surface area contributed by atoms with Crippen LogP contribution in [-0.4, -0.2) is 33.5 Å². The molecule has 0 radical (unpaired) electrons. The summed E-state index contributed by atoms with van der Waals surface area (Å²) < 4.78 is 18.6.